The molecule has 0 spiro atoms. The highest BCUT2D eigenvalue weighted by molar-refractivity contribution is 5.96. The van der Waals surface area contributed by atoms with Crippen LogP contribution >= 0.6 is 0 Å². The lowest BCUT2D eigenvalue weighted by Gasteiger charge is -2.07. The van der Waals surface area contributed by atoms with Gasteiger partial charge in [0.15, 0.2) is 0 Å². The lowest BCUT2D eigenvalue weighted by atomic mass is 10.0. The maximum absolute atomic E-state index is 4.82. The molecule has 122 valence electrons. The van der Waals surface area contributed by atoms with E-state index in [1.54, 1.807) is 0 Å². The quantitative estimate of drug-likeness (QED) is 0.400. The van der Waals surface area contributed by atoms with Crippen molar-refractivity contribution < 1.29 is 0 Å². The normalized spacial score (nSPS) is 11.1. The summed E-state index contributed by atoms with van der Waals surface area (Å²) >= 11 is 0. The summed E-state index contributed by atoms with van der Waals surface area (Å²) < 4.78 is 0. The topological polar surface area (TPSA) is 38.7 Å². The van der Waals surface area contributed by atoms with E-state index in [2.05, 4.69) is 52.4 Å². The third kappa shape index (κ3) is 2.60. The van der Waals surface area contributed by atoms with Crippen molar-refractivity contribution in [1.29, 1.82) is 0 Å². The molecule has 0 aliphatic heterocycles. The molecule has 3 aromatic heterocycles. The zero-order valence-corrected chi connectivity index (χ0v) is 14.0. The third-order valence-electron chi connectivity index (χ3n) is 4.63. The fraction of sp³-hybridized carbons (Fsp3) is 0. The van der Waals surface area contributed by atoms with Gasteiger partial charge in [0.2, 0.25) is 0 Å². The Morgan fingerprint density at radius 2 is 0.885 bits per heavy atom. The number of benzene rings is 2. The largest absolute Gasteiger partial charge is 0.265 e. The molecule has 0 fully saturated rings. The highest BCUT2D eigenvalue weighted by Crippen LogP contribution is 2.28. The summed E-state index contributed by atoms with van der Waals surface area (Å²) in [4.78, 5) is 13.0. The molecular formula is C23H15N3. The first-order valence-corrected chi connectivity index (χ1v) is 8.52. The Kier molecular flexibility index (Phi) is 3.42. The molecule has 26 heavy (non-hydrogen) atoms. The summed E-state index contributed by atoms with van der Waals surface area (Å²) in [5.41, 5.74) is 6.68. The Labute approximate surface area is 151 Å². The zero-order chi connectivity index (χ0) is 17.3. The fourth-order valence-electron chi connectivity index (χ4n) is 3.29. The molecule has 5 rings (SSSR count). The van der Waals surface area contributed by atoms with Gasteiger partial charge in [-0.1, -0.05) is 12.1 Å². The summed E-state index contributed by atoms with van der Waals surface area (Å²) in [5, 5.41) is 2.28. The molecule has 5 aromatic rings. The number of pyridine rings is 3. The summed E-state index contributed by atoms with van der Waals surface area (Å²) in [7, 11) is 0. The van der Waals surface area contributed by atoms with Gasteiger partial charge in [-0.3, -0.25) is 9.97 Å². The first-order valence-electron chi connectivity index (χ1n) is 8.52. The fourth-order valence-corrected chi connectivity index (χ4v) is 3.29. The second kappa shape index (κ2) is 6.05. The predicted molar refractivity (Wildman–Crippen MR) is 106 cm³/mol. The number of fused-ring (bicyclic) bond motifs is 2. The van der Waals surface area contributed by atoms with Crippen LogP contribution in [0.3, 0.4) is 0 Å². The van der Waals surface area contributed by atoms with Crippen molar-refractivity contribution in [2.24, 2.45) is 0 Å². The van der Waals surface area contributed by atoms with E-state index in [0.717, 1.165) is 32.9 Å². The Bertz CT molecular complexity index is 1120. The first kappa shape index (κ1) is 14.7. The van der Waals surface area contributed by atoms with E-state index in [4.69, 9.17) is 4.98 Å². The second-order valence-electron chi connectivity index (χ2n) is 6.28. The SMILES string of the molecule is c1cc(-c2ccc3nc4ccc(-c5ccncc5)cc4cc3c2)ccn1. The van der Waals surface area contributed by atoms with Crippen LogP contribution in [0.4, 0.5) is 0 Å². The average molecular weight is 333 g/mol. The van der Waals surface area contributed by atoms with Crippen LogP contribution in [0.25, 0.3) is 44.1 Å². The lowest BCUT2D eigenvalue weighted by Crippen LogP contribution is -1.86. The number of aromatic nitrogens is 3. The van der Waals surface area contributed by atoms with Gasteiger partial charge >= 0.3 is 0 Å². The van der Waals surface area contributed by atoms with Crippen molar-refractivity contribution in [2.45, 2.75) is 0 Å². The summed E-state index contributed by atoms with van der Waals surface area (Å²) in [5.74, 6) is 0. The minimum absolute atomic E-state index is 1.01. The van der Waals surface area contributed by atoms with Gasteiger partial charge in [0, 0.05) is 35.6 Å². The van der Waals surface area contributed by atoms with Gasteiger partial charge in [-0.15, -0.1) is 0 Å². The summed E-state index contributed by atoms with van der Waals surface area (Å²) in [6.07, 6.45) is 7.27. The molecule has 0 aliphatic rings. The number of nitrogens with zero attached hydrogens (tertiary/aromatic N) is 3. The van der Waals surface area contributed by atoms with Crippen LogP contribution in [0, 0.1) is 0 Å². The van der Waals surface area contributed by atoms with E-state index in [1.165, 1.54) is 11.1 Å². The van der Waals surface area contributed by atoms with E-state index in [9.17, 15) is 0 Å². The molecule has 0 aliphatic carbocycles. The molecule has 3 heterocycles. The second-order valence-corrected chi connectivity index (χ2v) is 6.28. The molecule has 0 saturated carbocycles. The Morgan fingerprint density at radius 3 is 1.35 bits per heavy atom. The monoisotopic (exact) mass is 333 g/mol. The molecule has 0 atom stereocenters. The van der Waals surface area contributed by atoms with Crippen LogP contribution in [0.2, 0.25) is 0 Å². The van der Waals surface area contributed by atoms with E-state index in [0.29, 0.717) is 0 Å². The minimum Gasteiger partial charge on any atom is -0.265 e. The molecule has 0 radical (unpaired) electrons. The smallest absolute Gasteiger partial charge is 0.0710 e. The van der Waals surface area contributed by atoms with Crippen LogP contribution in [0.5, 0.6) is 0 Å². The number of hydrogen-bond acceptors (Lipinski definition) is 3. The first-order chi connectivity index (χ1) is 12.9. The van der Waals surface area contributed by atoms with Gasteiger partial charge in [0.25, 0.3) is 0 Å². The summed E-state index contributed by atoms with van der Waals surface area (Å²) in [6.45, 7) is 0. The molecule has 0 bridgehead atoms. The molecule has 2 aromatic carbocycles. The molecule has 3 nitrogen and oxygen atoms in total. The van der Waals surface area contributed by atoms with Crippen molar-refractivity contribution in [3.8, 4) is 22.3 Å². The summed E-state index contributed by atoms with van der Waals surface area (Å²) in [6, 6.07) is 23.1. The van der Waals surface area contributed by atoms with Crippen LogP contribution in [0.15, 0.2) is 91.5 Å². The van der Waals surface area contributed by atoms with Gasteiger partial charge in [-0.2, -0.15) is 0 Å². The molecular weight excluding hydrogens is 318 g/mol. The van der Waals surface area contributed by atoms with E-state index in [-0.39, 0.29) is 0 Å². The van der Waals surface area contributed by atoms with E-state index >= 15 is 0 Å². The van der Waals surface area contributed by atoms with Crippen molar-refractivity contribution in [3.63, 3.8) is 0 Å². The van der Waals surface area contributed by atoms with Crippen LogP contribution in [-0.4, -0.2) is 15.0 Å². The highest BCUT2D eigenvalue weighted by Gasteiger charge is 2.05. The Morgan fingerprint density at radius 1 is 0.423 bits per heavy atom. The molecule has 0 unspecified atom stereocenters. The van der Waals surface area contributed by atoms with Crippen LogP contribution < -0.4 is 0 Å². The maximum atomic E-state index is 4.82. The molecule has 0 N–H and O–H groups in total. The van der Waals surface area contributed by atoms with E-state index < -0.39 is 0 Å². The Balaban J connectivity index is 1.67. The molecule has 0 saturated heterocycles. The van der Waals surface area contributed by atoms with Gasteiger partial charge < -0.3 is 0 Å². The minimum atomic E-state index is 1.01. The van der Waals surface area contributed by atoms with Crippen LogP contribution in [-0.2, 0) is 0 Å². The van der Waals surface area contributed by atoms with Crippen LogP contribution in [0.1, 0.15) is 0 Å². The maximum Gasteiger partial charge on any atom is 0.0710 e. The van der Waals surface area contributed by atoms with Crippen molar-refractivity contribution in [1.82, 2.24) is 15.0 Å². The van der Waals surface area contributed by atoms with Crippen molar-refractivity contribution in [3.05, 3.63) is 91.5 Å². The van der Waals surface area contributed by atoms with Gasteiger partial charge in [0.1, 0.15) is 0 Å². The highest BCUT2D eigenvalue weighted by atomic mass is 14.7. The van der Waals surface area contributed by atoms with Crippen molar-refractivity contribution in [2.75, 3.05) is 0 Å². The lowest BCUT2D eigenvalue weighted by molar-refractivity contribution is 1.33. The number of rotatable bonds is 2. The van der Waals surface area contributed by atoms with Gasteiger partial charge in [0.05, 0.1) is 11.0 Å². The average Bonchev–Trinajstić information content (AvgIpc) is 2.73. The standard InChI is InChI=1S/C23H15N3/c1-3-22-20(13-18(1)16-5-9-24-10-6-16)15-21-14-19(2-4-23(21)26-22)17-7-11-25-12-8-17/h1-15H. The molecule has 0 amide bonds. The predicted octanol–water partition coefficient (Wildman–Crippen LogP) is 5.51. The van der Waals surface area contributed by atoms with Gasteiger partial charge in [-0.25, -0.2) is 4.98 Å². The van der Waals surface area contributed by atoms with Crippen molar-refractivity contribution >= 4 is 21.8 Å². The third-order valence-corrected chi connectivity index (χ3v) is 4.63. The zero-order valence-electron chi connectivity index (χ0n) is 14.0. The number of hydrogen-bond donors (Lipinski definition) is 0. The molecule has 3 heteroatoms. The van der Waals surface area contributed by atoms with E-state index in [1.807, 2.05) is 49.1 Å². The van der Waals surface area contributed by atoms with Gasteiger partial charge in [-0.05, 0) is 76.9 Å². The Hall–Kier alpha value is -3.59.